The van der Waals surface area contributed by atoms with E-state index >= 15 is 0 Å². The fourth-order valence-corrected chi connectivity index (χ4v) is 3.20. The van der Waals surface area contributed by atoms with E-state index in [9.17, 15) is 20.5 Å². The van der Waals surface area contributed by atoms with Gasteiger partial charge in [-0.25, -0.2) is 0 Å². The van der Waals surface area contributed by atoms with Crippen LogP contribution in [0.2, 0.25) is 0 Å². The average molecular weight is 345 g/mol. The second kappa shape index (κ2) is 7.95. The summed E-state index contributed by atoms with van der Waals surface area (Å²) in [6, 6.07) is 6.67. The van der Waals surface area contributed by atoms with E-state index in [1.807, 2.05) is 0 Å². The fourth-order valence-electron chi connectivity index (χ4n) is 2.16. The first-order chi connectivity index (χ1) is 11.0. The summed E-state index contributed by atoms with van der Waals surface area (Å²) in [4.78, 5) is 0. The summed E-state index contributed by atoms with van der Waals surface area (Å²) in [6.45, 7) is -0.518. The maximum Gasteiger partial charge on any atom is 0.145 e. The summed E-state index contributed by atoms with van der Waals surface area (Å²) in [7, 11) is 1.53. The molecule has 0 unspecified atom stereocenters. The molecule has 9 heteroatoms. The highest BCUT2D eigenvalue weighted by atomic mass is 32.2. The fraction of sp³-hybridized carbons (Fsp3) is 0.500. The van der Waals surface area contributed by atoms with Crippen LogP contribution in [0, 0.1) is 0 Å². The molecule has 1 aromatic carbocycles. The van der Waals surface area contributed by atoms with Crippen LogP contribution in [0.25, 0.3) is 0 Å². The van der Waals surface area contributed by atoms with Crippen molar-refractivity contribution in [2.75, 3.05) is 13.7 Å². The Bertz CT molecular complexity index is 536. The van der Waals surface area contributed by atoms with E-state index in [0.29, 0.717) is 11.3 Å². The van der Waals surface area contributed by atoms with Gasteiger partial charge in [0.2, 0.25) is 0 Å². The van der Waals surface area contributed by atoms with Crippen LogP contribution in [0.15, 0.2) is 29.4 Å². The van der Waals surface area contributed by atoms with Gasteiger partial charge < -0.3 is 35.1 Å². The summed E-state index contributed by atoms with van der Waals surface area (Å²) >= 11 is 0.870. The van der Waals surface area contributed by atoms with E-state index in [4.69, 9.17) is 14.6 Å². The maximum absolute atomic E-state index is 10.0. The minimum atomic E-state index is -1.48. The highest BCUT2D eigenvalue weighted by molar-refractivity contribution is 8.14. The molecule has 1 fully saturated rings. The second-order valence-electron chi connectivity index (χ2n) is 4.95. The molecular weight excluding hydrogens is 326 g/mol. The van der Waals surface area contributed by atoms with Gasteiger partial charge in [-0.1, -0.05) is 16.9 Å². The largest absolute Gasteiger partial charge is 0.497 e. The lowest BCUT2D eigenvalue weighted by atomic mass is 10.0. The quantitative estimate of drug-likeness (QED) is 0.211. The molecule has 23 heavy (non-hydrogen) atoms. The molecule has 2 rings (SSSR count). The van der Waals surface area contributed by atoms with E-state index < -0.39 is 36.5 Å². The predicted octanol–water partition coefficient (Wildman–Crippen LogP) is -0.636. The van der Waals surface area contributed by atoms with Crippen molar-refractivity contribution < 1.29 is 35.1 Å². The van der Waals surface area contributed by atoms with Gasteiger partial charge in [-0.2, -0.15) is 0 Å². The number of aliphatic hydroxyl groups excluding tert-OH is 4. The van der Waals surface area contributed by atoms with Gasteiger partial charge in [0.05, 0.1) is 13.7 Å². The zero-order valence-electron chi connectivity index (χ0n) is 12.3. The number of nitrogens with zero attached hydrogens (tertiary/aromatic N) is 1. The number of oxime groups is 1. The van der Waals surface area contributed by atoms with Crippen molar-refractivity contribution in [3.8, 4) is 5.75 Å². The van der Waals surface area contributed by atoms with Crippen molar-refractivity contribution >= 4 is 16.8 Å². The average Bonchev–Trinajstić information content (AvgIpc) is 2.59. The molecule has 5 N–H and O–H groups in total. The number of thioether (sulfide) groups is 1. The number of methoxy groups -OCH3 is 1. The van der Waals surface area contributed by atoms with Gasteiger partial charge in [-0.15, -0.1) is 0 Å². The Morgan fingerprint density at radius 3 is 2.35 bits per heavy atom. The van der Waals surface area contributed by atoms with E-state index in [0.717, 1.165) is 11.8 Å². The first-order valence-electron chi connectivity index (χ1n) is 6.85. The van der Waals surface area contributed by atoms with Crippen LogP contribution in [0.3, 0.4) is 0 Å². The predicted molar refractivity (Wildman–Crippen MR) is 82.7 cm³/mol. The number of hydrogen-bond donors (Lipinski definition) is 5. The third-order valence-corrected chi connectivity index (χ3v) is 4.67. The number of hydrogen-bond acceptors (Lipinski definition) is 9. The lowest BCUT2D eigenvalue weighted by Crippen LogP contribution is -2.57. The van der Waals surface area contributed by atoms with E-state index in [1.165, 1.54) is 7.11 Å². The topological polar surface area (TPSA) is 132 Å². The van der Waals surface area contributed by atoms with Crippen LogP contribution in [-0.2, 0) is 4.74 Å². The maximum atomic E-state index is 10.0. The SMILES string of the molecule is COc1ccc(/C(=N/O)S[C@@H]2O[C@H](CO)[C@@H](O)[C@H](O)[C@H]2O)cc1. The van der Waals surface area contributed by atoms with Gasteiger partial charge in [0, 0.05) is 5.56 Å². The van der Waals surface area contributed by atoms with Crippen LogP contribution >= 0.6 is 11.8 Å². The van der Waals surface area contributed by atoms with E-state index in [1.54, 1.807) is 24.3 Å². The third-order valence-electron chi connectivity index (χ3n) is 3.50. The molecule has 0 saturated carbocycles. The van der Waals surface area contributed by atoms with E-state index in [-0.39, 0.29) is 5.04 Å². The molecule has 0 radical (unpaired) electrons. The number of benzene rings is 1. The first kappa shape index (κ1) is 18.0. The van der Waals surface area contributed by atoms with Gasteiger partial charge in [-0.3, -0.25) is 0 Å². The van der Waals surface area contributed by atoms with E-state index in [2.05, 4.69) is 5.16 Å². The summed E-state index contributed by atoms with van der Waals surface area (Å²) in [5, 5.41) is 51.2. The lowest BCUT2D eigenvalue weighted by Gasteiger charge is -2.39. The van der Waals surface area contributed by atoms with Crippen LogP contribution in [0.4, 0.5) is 0 Å². The molecule has 1 heterocycles. The molecule has 128 valence electrons. The molecule has 0 amide bonds. The van der Waals surface area contributed by atoms with Gasteiger partial charge in [0.15, 0.2) is 0 Å². The minimum Gasteiger partial charge on any atom is -0.497 e. The molecular formula is C14H19NO7S. The van der Waals surface area contributed by atoms with Crippen molar-refractivity contribution in [2.45, 2.75) is 29.9 Å². The highest BCUT2D eigenvalue weighted by Gasteiger charge is 2.44. The van der Waals surface area contributed by atoms with Crippen LogP contribution in [0.5, 0.6) is 5.75 Å². The third kappa shape index (κ3) is 3.94. The number of rotatable bonds is 4. The van der Waals surface area contributed by atoms with Crippen LogP contribution in [0.1, 0.15) is 5.56 Å². The number of ether oxygens (including phenoxy) is 2. The molecule has 1 saturated heterocycles. The molecule has 5 atom stereocenters. The van der Waals surface area contributed by atoms with Crippen molar-refractivity contribution in [3.63, 3.8) is 0 Å². The molecule has 0 aromatic heterocycles. The molecule has 1 aliphatic rings. The normalized spacial score (nSPS) is 31.9. The Labute approximate surface area is 137 Å². The van der Waals surface area contributed by atoms with Crippen molar-refractivity contribution in [1.82, 2.24) is 0 Å². The Morgan fingerprint density at radius 2 is 1.83 bits per heavy atom. The van der Waals surface area contributed by atoms with Gasteiger partial charge >= 0.3 is 0 Å². The molecule has 0 bridgehead atoms. The van der Waals surface area contributed by atoms with Gasteiger partial charge in [0.25, 0.3) is 0 Å². The van der Waals surface area contributed by atoms with Crippen molar-refractivity contribution in [1.29, 1.82) is 0 Å². The first-order valence-corrected chi connectivity index (χ1v) is 7.73. The number of aliphatic hydroxyl groups is 4. The lowest BCUT2D eigenvalue weighted by molar-refractivity contribution is -0.205. The van der Waals surface area contributed by atoms with Crippen LogP contribution in [-0.4, -0.2) is 74.2 Å². The minimum absolute atomic E-state index is 0.150. The summed E-state index contributed by atoms with van der Waals surface area (Å²) < 4.78 is 10.4. The van der Waals surface area contributed by atoms with Gasteiger partial charge in [-0.05, 0) is 24.3 Å². The van der Waals surface area contributed by atoms with Crippen LogP contribution < -0.4 is 4.74 Å². The zero-order valence-corrected chi connectivity index (χ0v) is 13.1. The second-order valence-corrected chi connectivity index (χ2v) is 6.04. The molecule has 8 nitrogen and oxygen atoms in total. The van der Waals surface area contributed by atoms with Gasteiger partial charge in [0.1, 0.15) is 40.6 Å². The Kier molecular flexibility index (Phi) is 6.22. The Morgan fingerprint density at radius 1 is 1.17 bits per heavy atom. The molecule has 1 aliphatic heterocycles. The highest BCUT2D eigenvalue weighted by Crippen LogP contribution is 2.31. The monoisotopic (exact) mass is 345 g/mol. The van der Waals surface area contributed by atoms with Crippen molar-refractivity contribution in [2.24, 2.45) is 5.16 Å². The molecule has 1 aromatic rings. The Hall–Kier alpha value is -1.36. The standard InChI is InChI=1S/C14H19NO7S/c1-21-8-4-2-7(3-5-8)13(15-20)23-14-12(19)11(18)10(17)9(6-16)22-14/h2-5,9-12,14,16-20H,6H2,1H3/b15-13-/t9-,10-,11+,12-,14+/m1/s1. The Balaban J connectivity index is 2.14. The smallest absolute Gasteiger partial charge is 0.145 e. The molecule has 0 aliphatic carbocycles. The van der Waals surface area contributed by atoms with Crippen molar-refractivity contribution in [3.05, 3.63) is 29.8 Å². The zero-order chi connectivity index (χ0) is 17.0. The molecule has 0 spiro atoms. The summed E-state index contributed by atoms with van der Waals surface area (Å²) in [5.41, 5.74) is -0.464. The summed E-state index contributed by atoms with van der Waals surface area (Å²) in [6.07, 6.45) is -5.33. The summed E-state index contributed by atoms with van der Waals surface area (Å²) in [5.74, 6) is 0.629.